The third kappa shape index (κ3) is 13.3. The average Bonchev–Trinajstić information content (AvgIpc) is 2.74. The van der Waals surface area contributed by atoms with Crippen LogP contribution >= 0.6 is 11.6 Å². The maximum Gasteiger partial charge on any atom is 0.307 e. The van der Waals surface area contributed by atoms with Gasteiger partial charge in [-0.2, -0.15) is 0 Å². The average molecular weight is 474 g/mol. The van der Waals surface area contributed by atoms with Crippen molar-refractivity contribution in [2.75, 3.05) is 5.32 Å². The minimum absolute atomic E-state index is 0.143. The van der Waals surface area contributed by atoms with E-state index in [1.807, 2.05) is 31.2 Å². The molecule has 0 heterocycles. The Balaban J connectivity index is 0.000000646. The molecule has 0 saturated carbocycles. The Bertz CT molecular complexity index is 924. The van der Waals surface area contributed by atoms with Crippen LogP contribution in [0.15, 0.2) is 66.7 Å². The number of aliphatic carboxylic acids is 1. The zero-order valence-corrected chi connectivity index (χ0v) is 21.3. The summed E-state index contributed by atoms with van der Waals surface area (Å²) >= 11 is 5.95. The molecule has 5 heteroatoms. The fourth-order valence-electron chi connectivity index (χ4n) is 2.44. The molecular weight excluding hydrogens is 437 g/mol. The fourth-order valence-corrected chi connectivity index (χ4v) is 2.65. The first kappa shape index (κ1) is 30.2. The van der Waals surface area contributed by atoms with E-state index in [9.17, 15) is 9.18 Å². The van der Waals surface area contributed by atoms with Crippen molar-refractivity contribution in [3.63, 3.8) is 0 Å². The molecule has 0 amide bonds. The van der Waals surface area contributed by atoms with Gasteiger partial charge in [-0.25, -0.2) is 4.39 Å². The maximum absolute atomic E-state index is 13.7. The molecule has 180 valence electrons. The van der Waals surface area contributed by atoms with Crippen LogP contribution < -0.4 is 5.32 Å². The van der Waals surface area contributed by atoms with Crippen molar-refractivity contribution in [1.29, 1.82) is 0 Å². The number of anilines is 2. The predicted octanol–water partition coefficient (Wildman–Crippen LogP) is 8.99. The van der Waals surface area contributed by atoms with Crippen LogP contribution in [0.2, 0.25) is 5.02 Å². The van der Waals surface area contributed by atoms with Gasteiger partial charge in [0.2, 0.25) is 0 Å². The van der Waals surface area contributed by atoms with Crippen LogP contribution in [0.4, 0.5) is 15.8 Å². The molecular formula is C28H37ClFNO2. The number of benzene rings is 3. The molecule has 3 rings (SSSR count). The summed E-state index contributed by atoms with van der Waals surface area (Å²) in [7, 11) is 0. The number of carboxylic acid groups (broad SMARTS) is 1. The third-order valence-corrected chi connectivity index (χ3v) is 4.08. The molecule has 2 N–H and O–H groups in total. The highest BCUT2D eigenvalue weighted by molar-refractivity contribution is 6.33. The first-order valence-electron chi connectivity index (χ1n) is 11.2. The summed E-state index contributed by atoms with van der Waals surface area (Å²) in [5.74, 6) is -1.43. The molecule has 0 aliphatic carbocycles. The molecule has 0 radical (unpaired) electrons. The van der Waals surface area contributed by atoms with E-state index in [-0.39, 0.29) is 17.1 Å². The van der Waals surface area contributed by atoms with Gasteiger partial charge in [-0.15, -0.1) is 0 Å². The van der Waals surface area contributed by atoms with Crippen LogP contribution in [0.25, 0.3) is 0 Å². The molecule has 0 aliphatic rings. The van der Waals surface area contributed by atoms with Gasteiger partial charge >= 0.3 is 5.97 Å². The highest BCUT2D eigenvalue weighted by Gasteiger charge is 2.11. The molecule has 0 atom stereocenters. The Labute approximate surface area is 203 Å². The van der Waals surface area contributed by atoms with Crippen LogP contribution in [0, 0.1) is 19.7 Å². The Hall–Kier alpha value is -2.85. The van der Waals surface area contributed by atoms with Crippen molar-refractivity contribution in [3.05, 3.63) is 94.3 Å². The highest BCUT2D eigenvalue weighted by Crippen LogP contribution is 2.30. The van der Waals surface area contributed by atoms with Gasteiger partial charge in [-0.1, -0.05) is 112 Å². The second-order valence-corrected chi connectivity index (χ2v) is 7.93. The molecule has 0 unspecified atom stereocenters. The standard InChI is InChI=1S/C15H13ClFNO2.C7H8.2C3H8/c1-9-5-6-13(10(7-9)8-14(19)20)18-15-11(16)3-2-4-12(15)17;1-7-5-3-2-4-6-7;2*1-3-2/h2-7,18H,8H2,1H3,(H,19,20);2-6H,1H3;2*3H2,1-2H3. The predicted molar refractivity (Wildman–Crippen MR) is 140 cm³/mol. The zero-order valence-electron chi connectivity index (χ0n) is 20.6. The van der Waals surface area contributed by atoms with E-state index in [0.29, 0.717) is 11.3 Å². The lowest BCUT2D eigenvalue weighted by molar-refractivity contribution is -0.136. The normalized spacial score (nSPS) is 9.21. The summed E-state index contributed by atoms with van der Waals surface area (Å²) in [6, 6.07) is 19.9. The van der Waals surface area contributed by atoms with Crippen molar-refractivity contribution in [3.8, 4) is 0 Å². The first-order valence-corrected chi connectivity index (χ1v) is 11.6. The number of aryl methyl sites for hydroxylation is 2. The Kier molecular flexibility index (Phi) is 16.1. The van der Waals surface area contributed by atoms with Crippen LogP contribution in [-0.2, 0) is 11.2 Å². The summed E-state index contributed by atoms with van der Waals surface area (Å²) in [6.07, 6.45) is 2.36. The van der Waals surface area contributed by atoms with Crippen molar-refractivity contribution in [2.24, 2.45) is 0 Å². The van der Waals surface area contributed by atoms with E-state index in [0.717, 1.165) is 5.56 Å². The topological polar surface area (TPSA) is 49.3 Å². The minimum atomic E-state index is -0.946. The van der Waals surface area contributed by atoms with Crippen LogP contribution in [0.1, 0.15) is 57.2 Å². The van der Waals surface area contributed by atoms with Gasteiger partial charge in [-0.05, 0) is 37.6 Å². The van der Waals surface area contributed by atoms with Gasteiger partial charge in [-0.3, -0.25) is 4.79 Å². The van der Waals surface area contributed by atoms with Gasteiger partial charge in [0.25, 0.3) is 0 Å². The summed E-state index contributed by atoms with van der Waals surface area (Å²) in [6.45, 7) is 12.4. The Morgan fingerprint density at radius 2 is 1.45 bits per heavy atom. The summed E-state index contributed by atoms with van der Waals surface area (Å²) in [5.41, 5.74) is 3.51. The number of para-hydroxylation sites is 1. The van der Waals surface area contributed by atoms with E-state index in [1.54, 1.807) is 18.2 Å². The molecule has 3 nitrogen and oxygen atoms in total. The molecule has 0 aromatic heterocycles. The van der Waals surface area contributed by atoms with Gasteiger partial charge < -0.3 is 10.4 Å². The summed E-state index contributed by atoms with van der Waals surface area (Å²) in [4.78, 5) is 10.9. The van der Waals surface area contributed by atoms with Crippen LogP contribution in [0.3, 0.4) is 0 Å². The molecule has 0 spiro atoms. The van der Waals surface area contributed by atoms with Gasteiger partial charge in [0, 0.05) is 5.69 Å². The molecule has 0 aliphatic heterocycles. The third-order valence-electron chi connectivity index (χ3n) is 3.77. The van der Waals surface area contributed by atoms with Crippen molar-refractivity contribution in [2.45, 2.75) is 60.8 Å². The van der Waals surface area contributed by atoms with Crippen molar-refractivity contribution >= 4 is 28.9 Å². The lowest BCUT2D eigenvalue weighted by Crippen LogP contribution is -2.05. The molecule has 0 fully saturated rings. The zero-order chi connectivity index (χ0) is 25.2. The summed E-state index contributed by atoms with van der Waals surface area (Å²) < 4.78 is 13.7. The molecule has 3 aromatic carbocycles. The lowest BCUT2D eigenvalue weighted by atomic mass is 10.1. The Morgan fingerprint density at radius 1 is 0.879 bits per heavy atom. The number of rotatable bonds is 4. The second-order valence-electron chi connectivity index (χ2n) is 7.52. The number of nitrogens with one attached hydrogen (secondary N) is 1. The second kappa shape index (κ2) is 17.7. The van der Waals surface area contributed by atoms with E-state index in [1.165, 1.54) is 30.5 Å². The fraction of sp³-hybridized carbons (Fsp3) is 0.321. The smallest absolute Gasteiger partial charge is 0.307 e. The number of carbonyl (C=O) groups is 1. The quantitative estimate of drug-likeness (QED) is 0.397. The lowest BCUT2D eigenvalue weighted by Gasteiger charge is -2.13. The van der Waals surface area contributed by atoms with Crippen molar-refractivity contribution in [1.82, 2.24) is 0 Å². The number of carboxylic acids is 1. The van der Waals surface area contributed by atoms with Crippen LogP contribution in [0.5, 0.6) is 0 Å². The number of hydrogen-bond acceptors (Lipinski definition) is 2. The monoisotopic (exact) mass is 473 g/mol. The van der Waals surface area contributed by atoms with E-state index in [4.69, 9.17) is 16.7 Å². The molecule has 3 aromatic rings. The van der Waals surface area contributed by atoms with E-state index < -0.39 is 11.8 Å². The van der Waals surface area contributed by atoms with E-state index >= 15 is 0 Å². The SMILES string of the molecule is CCC.CCC.Cc1ccc(Nc2c(F)cccc2Cl)c(CC(=O)O)c1.Cc1ccccc1. The number of hydrogen-bond donors (Lipinski definition) is 2. The maximum atomic E-state index is 13.7. The van der Waals surface area contributed by atoms with Gasteiger partial charge in [0.1, 0.15) is 5.82 Å². The van der Waals surface area contributed by atoms with Gasteiger partial charge in [0.15, 0.2) is 0 Å². The molecule has 0 bridgehead atoms. The van der Waals surface area contributed by atoms with Crippen LogP contribution in [-0.4, -0.2) is 11.1 Å². The molecule has 33 heavy (non-hydrogen) atoms. The van der Waals surface area contributed by atoms with Gasteiger partial charge in [0.05, 0.1) is 17.1 Å². The number of halogens is 2. The highest BCUT2D eigenvalue weighted by atomic mass is 35.5. The Morgan fingerprint density at radius 3 is 1.91 bits per heavy atom. The minimum Gasteiger partial charge on any atom is -0.481 e. The van der Waals surface area contributed by atoms with Crippen molar-refractivity contribution < 1.29 is 14.3 Å². The van der Waals surface area contributed by atoms with E-state index in [2.05, 4.69) is 52.1 Å². The molecule has 0 saturated heterocycles. The first-order chi connectivity index (χ1) is 15.7. The summed E-state index contributed by atoms with van der Waals surface area (Å²) in [5, 5.41) is 12.0. The largest absolute Gasteiger partial charge is 0.481 e.